The van der Waals surface area contributed by atoms with Crippen LogP contribution in [0.15, 0.2) is 23.4 Å². The second kappa shape index (κ2) is 3.91. The van der Waals surface area contributed by atoms with Gasteiger partial charge in [0.05, 0.1) is 11.5 Å². The number of hydrogen-bond donors (Lipinski definition) is 2. The number of allylic oxidation sites excluding steroid dienone is 1. The van der Waals surface area contributed by atoms with E-state index in [4.69, 9.17) is 10.8 Å². The van der Waals surface area contributed by atoms with E-state index in [1.54, 1.807) is 0 Å². The quantitative estimate of drug-likeness (QED) is 0.670. The van der Waals surface area contributed by atoms with E-state index in [2.05, 4.69) is 4.94 Å². The number of hydrogen-bond acceptors (Lipinski definition) is 4. The highest BCUT2D eigenvalue weighted by Crippen LogP contribution is 2.21. The van der Waals surface area contributed by atoms with Crippen molar-refractivity contribution in [2.45, 2.75) is 6.42 Å². The number of rotatable bonds is 2. The fraction of sp³-hybridized carbons (Fsp3) is 0.250. The average Bonchev–Trinajstić information content (AvgIpc) is 2.15. The fourth-order valence-electron chi connectivity index (χ4n) is 1.17. The Morgan fingerprint density at radius 3 is 2.79 bits per heavy atom. The van der Waals surface area contributed by atoms with Crippen molar-refractivity contribution in [2.75, 3.05) is 0 Å². The van der Waals surface area contributed by atoms with Crippen LogP contribution >= 0.6 is 0 Å². The predicted octanol–water partition coefficient (Wildman–Crippen LogP) is 0.288. The summed E-state index contributed by atoms with van der Waals surface area (Å²) in [6.07, 6.45) is 2.42. The molecule has 0 fully saturated rings. The molecular weight excluding hydrogens is 193 g/mol. The van der Waals surface area contributed by atoms with Gasteiger partial charge in [-0.15, -0.1) is 0 Å². The van der Waals surface area contributed by atoms with Crippen molar-refractivity contribution in [3.63, 3.8) is 0 Å². The van der Waals surface area contributed by atoms with E-state index in [0.717, 1.165) is 6.08 Å². The van der Waals surface area contributed by atoms with Gasteiger partial charge in [-0.05, 0) is 6.08 Å². The molecule has 1 rings (SSSR count). The van der Waals surface area contributed by atoms with Gasteiger partial charge in [0.15, 0.2) is 0 Å². The minimum Gasteiger partial charge on any atom is -0.481 e. The van der Waals surface area contributed by atoms with Gasteiger partial charge in [-0.3, -0.25) is 4.79 Å². The third-order valence-corrected chi connectivity index (χ3v) is 1.80. The molecular formula is C8H8FNO4. The molecule has 0 aromatic heterocycles. The van der Waals surface area contributed by atoms with Gasteiger partial charge in [0.2, 0.25) is 0 Å². The Kier molecular flexibility index (Phi) is 2.85. The van der Waals surface area contributed by atoms with Crippen LogP contribution in [-0.2, 0) is 14.5 Å². The lowest BCUT2D eigenvalue weighted by Gasteiger charge is -2.14. The first-order valence-corrected chi connectivity index (χ1v) is 3.78. The van der Waals surface area contributed by atoms with Crippen molar-refractivity contribution >= 4 is 11.9 Å². The second-order valence-electron chi connectivity index (χ2n) is 2.85. The lowest BCUT2D eigenvalue weighted by atomic mass is 9.94. The highest BCUT2D eigenvalue weighted by molar-refractivity contribution is 5.93. The van der Waals surface area contributed by atoms with Crippen molar-refractivity contribution in [3.8, 4) is 0 Å². The normalized spacial score (nSPS) is 20.8. The van der Waals surface area contributed by atoms with Gasteiger partial charge in [0.1, 0.15) is 0 Å². The molecule has 1 aliphatic carbocycles. The van der Waals surface area contributed by atoms with E-state index in [9.17, 15) is 14.1 Å². The van der Waals surface area contributed by atoms with Crippen LogP contribution in [0.25, 0.3) is 0 Å². The van der Waals surface area contributed by atoms with Crippen LogP contribution in [0, 0.1) is 5.92 Å². The molecule has 0 amide bonds. The van der Waals surface area contributed by atoms with Gasteiger partial charge in [0, 0.05) is 16.6 Å². The van der Waals surface area contributed by atoms with Crippen LogP contribution in [0.2, 0.25) is 0 Å². The van der Waals surface area contributed by atoms with E-state index in [1.165, 1.54) is 6.08 Å². The van der Waals surface area contributed by atoms with Crippen LogP contribution in [-0.4, -0.2) is 17.0 Å². The Morgan fingerprint density at radius 1 is 1.64 bits per heavy atom. The zero-order chi connectivity index (χ0) is 10.7. The number of halogens is 1. The maximum Gasteiger partial charge on any atom is 0.379 e. The van der Waals surface area contributed by atoms with Gasteiger partial charge < -0.3 is 10.8 Å². The van der Waals surface area contributed by atoms with Crippen LogP contribution in [0.3, 0.4) is 0 Å². The van der Waals surface area contributed by atoms with Gasteiger partial charge in [-0.1, -0.05) is 6.08 Å². The molecule has 0 radical (unpaired) electrons. The number of nitrogens with two attached hydrogens (primary N) is 1. The number of carbonyl (C=O) groups excluding carboxylic acids is 1. The summed E-state index contributed by atoms with van der Waals surface area (Å²) in [5, 5.41) is 8.66. The third-order valence-electron chi connectivity index (χ3n) is 1.80. The molecule has 0 aromatic carbocycles. The molecule has 14 heavy (non-hydrogen) atoms. The Balaban J connectivity index is 2.93. The summed E-state index contributed by atoms with van der Waals surface area (Å²) in [6, 6.07) is 0. The minimum atomic E-state index is -1.24. The molecule has 5 nitrogen and oxygen atoms in total. The molecule has 0 heterocycles. The Labute approximate surface area is 78.5 Å². The van der Waals surface area contributed by atoms with Gasteiger partial charge in [-0.2, -0.15) is 0 Å². The standard InChI is InChI=1S/C8H8FNO4/c9-14-8(13)5-1-4(7(11)12)2-6(10)3-5/h1,3-4H,2,10H2,(H,11,12). The first kappa shape index (κ1) is 10.2. The Morgan fingerprint density at radius 2 is 2.29 bits per heavy atom. The van der Waals surface area contributed by atoms with E-state index in [1.807, 2.05) is 0 Å². The van der Waals surface area contributed by atoms with E-state index >= 15 is 0 Å². The van der Waals surface area contributed by atoms with E-state index in [-0.39, 0.29) is 17.7 Å². The lowest BCUT2D eigenvalue weighted by Crippen LogP contribution is -2.20. The molecule has 0 spiro atoms. The number of aliphatic carboxylic acids is 1. The van der Waals surface area contributed by atoms with Crippen LogP contribution in [0.4, 0.5) is 4.53 Å². The van der Waals surface area contributed by atoms with Gasteiger partial charge in [0.25, 0.3) is 0 Å². The third kappa shape index (κ3) is 2.09. The summed E-state index contributed by atoms with van der Waals surface area (Å²) in [7, 11) is 0. The SMILES string of the molecule is NC1=CC(C(=O)OF)=CC(C(=O)O)C1. The highest BCUT2D eigenvalue weighted by Gasteiger charge is 2.23. The summed E-state index contributed by atoms with van der Waals surface area (Å²) >= 11 is 0. The van der Waals surface area contributed by atoms with E-state index < -0.39 is 17.9 Å². The number of carbonyl (C=O) groups is 2. The minimum absolute atomic E-state index is 0.110. The monoisotopic (exact) mass is 201 g/mol. The van der Waals surface area contributed by atoms with Crippen LogP contribution in [0.5, 0.6) is 0 Å². The van der Waals surface area contributed by atoms with Crippen molar-refractivity contribution in [3.05, 3.63) is 23.4 Å². The highest BCUT2D eigenvalue weighted by atomic mass is 19.3. The number of carboxylic acids is 1. The number of carboxylic acid groups (broad SMARTS) is 1. The maximum atomic E-state index is 11.5. The molecule has 0 saturated carbocycles. The summed E-state index contributed by atoms with van der Waals surface area (Å²) < 4.78 is 11.5. The molecule has 1 aliphatic rings. The lowest BCUT2D eigenvalue weighted by molar-refractivity contribution is -0.177. The van der Waals surface area contributed by atoms with Crippen molar-refractivity contribution in [1.29, 1.82) is 0 Å². The molecule has 1 atom stereocenters. The molecule has 3 N–H and O–H groups in total. The Bertz CT molecular complexity index is 334. The van der Waals surface area contributed by atoms with Crippen LogP contribution < -0.4 is 5.73 Å². The van der Waals surface area contributed by atoms with Crippen molar-refractivity contribution in [1.82, 2.24) is 0 Å². The molecule has 0 bridgehead atoms. The zero-order valence-corrected chi connectivity index (χ0v) is 7.07. The van der Waals surface area contributed by atoms with Crippen LogP contribution in [0.1, 0.15) is 6.42 Å². The summed E-state index contributed by atoms with van der Waals surface area (Å²) in [5.41, 5.74) is 5.40. The van der Waals surface area contributed by atoms with Gasteiger partial charge in [-0.25, -0.2) is 9.74 Å². The van der Waals surface area contributed by atoms with Gasteiger partial charge >= 0.3 is 11.9 Å². The summed E-state index contributed by atoms with van der Waals surface area (Å²) in [5.74, 6) is -3.27. The molecule has 6 heteroatoms. The fourth-order valence-corrected chi connectivity index (χ4v) is 1.17. The summed E-state index contributed by atoms with van der Waals surface area (Å²) in [6.45, 7) is 0. The first-order valence-electron chi connectivity index (χ1n) is 3.78. The molecule has 1 unspecified atom stereocenters. The maximum absolute atomic E-state index is 11.5. The Hall–Kier alpha value is -1.85. The average molecular weight is 201 g/mol. The molecule has 0 aromatic rings. The largest absolute Gasteiger partial charge is 0.481 e. The molecule has 0 saturated heterocycles. The van der Waals surface area contributed by atoms with Crippen molar-refractivity contribution in [2.24, 2.45) is 11.7 Å². The summed E-state index contributed by atoms with van der Waals surface area (Å²) in [4.78, 5) is 24.3. The molecule has 0 aliphatic heterocycles. The van der Waals surface area contributed by atoms with E-state index in [0.29, 0.717) is 0 Å². The topological polar surface area (TPSA) is 89.6 Å². The molecule has 76 valence electrons. The van der Waals surface area contributed by atoms with Crippen molar-refractivity contribution < 1.29 is 24.2 Å². The zero-order valence-electron chi connectivity index (χ0n) is 7.07. The second-order valence-corrected chi connectivity index (χ2v) is 2.85. The predicted molar refractivity (Wildman–Crippen MR) is 43.3 cm³/mol. The smallest absolute Gasteiger partial charge is 0.379 e. The first-order chi connectivity index (χ1) is 6.54.